The third-order valence-electron chi connectivity index (χ3n) is 2.37. The van der Waals surface area contributed by atoms with E-state index in [1.807, 2.05) is 6.92 Å². The van der Waals surface area contributed by atoms with E-state index in [9.17, 15) is 9.90 Å². The molecule has 0 aliphatic heterocycles. The van der Waals surface area contributed by atoms with Crippen molar-refractivity contribution in [2.75, 3.05) is 0 Å². The monoisotopic (exact) mass is 204 g/mol. The first-order valence-corrected chi connectivity index (χ1v) is 4.97. The topological polar surface area (TPSA) is 50.4 Å². The van der Waals surface area contributed by atoms with Gasteiger partial charge in [0, 0.05) is 17.0 Å². The lowest BCUT2D eigenvalue weighted by molar-refractivity contribution is 0.464. The van der Waals surface area contributed by atoms with Crippen LogP contribution in [0.5, 0.6) is 5.75 Å². The number of aromatic hydroxyl groups is 1. The minimum absolute atomic E-state index is 0.193. The zero-order valence-corrected chi connectivity index (χ0v) is 8.49. The molecule has 0 radical (unpaired) electrons. The van der Waals surface area contributed by atoms with Crippen molar-refractivity contribution in [3.63, 3.8) is 0 Å². The summed E-state index contributed by atoms with van der Waals surface area (Å²) in [5.74, 6) is 0.193. The number of phenols is 1. The molecular weight excluding hydrogens is 192 g/mol. The second-order valence-corrected chi connectivity index (χ2v) is 3.49. The molecule has 0 bridgehead atoms. The van der Waals surface area contributed by atoms with E-state index in [0.29, 0.717) is 17.6 Å². The van der Waals surface area contributed by atoms with E-state index < -0.39 is 0 Å². The Morgan fingerprint density at radius 1 is 1.27 bits per heavy atom. The summed E-state index contributed by atoms with van der Waals surface area (Å²) < 4.78 is 5.11. The lowest BCUT2D eigenvalue weighted by Crippen LogP contribution is -1.97. The number of hydrogen-bond acceptors (Lipinski definition) is 3. The van der Waals surface area contributed by atoms with E-state index in [2.05, 4.69) is 0 Å². The molecule has 1 heterocycles. The van der Waals surface area contributed by atoms with Crippen LogP contribution < -0.4 is 5.63 Å². The Morgan fingerprint density at radius 2 is 2.00 bits per heavy atom. The zero-order valence-electron chi connectivity index (χ0n) is 8.49. The van der Waals surface area contributed by atoms with Crippen molar-refractivity contribution in [3.8, 4) is 5.75 Å². The predicted octanol–water partition coefficient (Wildman–Crippen LogP) is 2.45. The van der Waals surface area contributed by atoms with Gasteiger partial charge in [-0.1, -0.05) is 13.3 Å². The van der Waals surface area contributed by atoms with Crippen LogP contribution in [-0.2, 0) is 6.42 Å². The van der Waals surface area contributed by atoms with Crippen LogP contribution in [0.1, 0.15) is 18.9 Å². The maximum atomic E-state index is 11.1. The summed E-state index contributed by atoms with van der Waals surface area (Å²) in [5.41, 5.74) is 0.836. The highest BCUT2D eigenvalue weighted by molar-refractivity contribution is 5.81. The average Bonchev–Trinajstić information content (AvgIpc) is 2.23. The van der Waals surface area contributed by atoms with E-state index in [1.165, 1.54) is 6.07 Å². The van der Waals surface area contributed by atoms with Gasteiger partial charge in [0.25, 0.3) is 0 Å². The SMILES string of the molecule is CCCc1c(O)ccc2ccc(=O)oc12. The quantitative estimate of drug-likeness (QED) is 0.764. The molecule has 0 fully saturated rings. The third-order valence-corrected chi connectivity index (χ3v) is 2.37. The molecule has 15 heavy (non-hydrogen) atoms. The van der Waals surface area contributed by atoms with Gasteiger partial charge < -0.3 is 9.52 Å². The highest BCUT2D eigenvalue weighted by Crippen LogP contribution is 2.27. The van der Waals surface area contributed by atoms with Crippen molar-refractivity contribution in [3.05, 3.63) is 40.2 Å². The molecule has 0 amide bonds. The summed E-state index contributed by atoms with van der Waals surface area (Å²) in [6, 6.07) is 6.47. The molecular formula is C12H12O3. The molecule has 3 heteroatoms. The van der Waals surface area contributed by atoms with Crippen LogP contribution in [0, 0.1) is 0 Å². The van der Waals surface area contributed by atoms with Crippen LogP contribution in [0.25, 0.3) is 11.0 Å². The Morgan fingerprint density at radius 3 is 2.73 bits per heavy atom. The highest BCUT2D eigenvalue weighted by Gasteiger charge is 2.08. The number of aryl methyl sites for hydroxylation is 1. The van der Waals surface area contributed by atoms with E-state index >= 15 is 0 Å². The van der Waals surface area contributed by atoms with Crippen molar-refractivity contribution in [2.24, 2.45) is 0 Å². The first-order valence-electron chi connectivity index (χ1n) is 4.97. The van der Waals surface area contributed by atoms with Gasteiger partial charge in [0.05, 0.1) is 0 Å². The van der Waals surface area contributed by atoms with Gasteiger partial charge in [0.2, 0.25) is 0 Å². The third kappa shape index (κ3) is 1.73. The summed E-state index contributed by atoms with van der Waals surface area (Å²) in [6.45, 7) is 2.01. The molecule has 78 valence electrons. The second kappa shape index (κ2) is 3.77. The molecule has 1 N–H and O–H groups in total. The maximum absolute atomic E-state index is 11.1. The molecule has 3 nitrogen and oxygen atoms in total. The molecule has 0 saturated heterocycles. The van der Waals surface area contributed by atoms with Crippen molar-refractivity contribution in [1.29, 1.82) is 0 Å². The van der Waals surface area contributed by atoms with Gasteiger partial charge in [-0.2, -0.15) is 0 Å². The van der Waals surface area contributed by atoms with Crippen LogP contribution in [0.4, 0.5) is 0 Å². The number of fused-ring (bicyclic) bond motifs is 1. The normalized spacial score (nSPS) is 10.7. The fourth-order valence-corrected chi connectivity index (χ4v) is 1.67. The highest BCUT2D eigenvalue weighted by atomic mass is 16.4. The Bertz CT molecular complexity index is 540. The lowest BCUT2D eigenvalue weighted by atomic mass is 10.1. The smallest absolute Gasteiger partial charge is 0.336 e. The minimum Gasteiger partial charge on any atom is -0.508 e. The van der Waals surface area contributed by atoms with Crippen molar-refractivity contribution < 1.29 is 9.52 Å². The summed E-state index contributed by atoms with van der Waals surface area (Å²) in [6.07, 6.45) is 1.60. The van der Waals surface area contributed by atoms with Gasteiger partial charge >= 0.3 is 5.63 Å². The zero-order chi connectivity index (χ0) is 10.8. The van der Waals surface area contributed by atoms with Gasteiger partial charge in [-0.3, -0.25) is 0 Å². The molecule has 0 spiro atoms. The fourth-order valence-electron chi connectivity index (χ4n) is 1.67. The largest absolute Gasteiger partial charge is 0.508 e. The van der Waals surface area contributed by atoms with Crippen LogP contribution in [-0.4, -0.2) is 5.11 Å². The van der Waals surface area contributed by atoms with Crippen LogP contribution in [0.2, 0.25) is 0 Å². The van der Waals surface area contributed by atoms with Gasteiger partial charge in [-0.25, -0.2) is 4.79 Å². The van der Waals surface area contributed by atoms with Gasteiger partial charge in [-0.15, -0.1) is 0 Å². The van der Waals surface area contributed by atoms with Gasteiger partial charge in [-0.05, 0) is 24.6 Å². The van der Waals surface area contributed by atoms with Crippen molar-refractivity contribution in [1.82, 2.24) is 0 Å². The first-order chi connectivity index (χ1) is 7.22. The number of phenolic OH excluding ortho intramolecular Hbond substituents is 1. The Hall–Kier alpha value is -1.77. The van der Waals surface area contributed by atoms with Gasteiger partial charge in [0.1, 0.15) is 11.3 Å². The summed E-state index contributed by atoms with van der Waals surface area (Å²) in [7, 11) is 0. The van der Waals surface area contributed by atoms with E-state index in [0.717, 1.165) is 11.8 Å². The van der Waals surface area contributed by atoms with E-state index in [4.69, 9.17) is 4.42 Å². The summed E-state index contributed by atoms with van der Waals surface area (Å²) in [4.78, 5) is 11.1. The minimum atomic E-state index is -0.384. The van der Waals surface area contributed by atoms with E-state index in [-0.39, 0.29) is 11.4 Å². The summed E-state index contributed by atoms with van der Waals surface area (Å²) in [5, 5.41) is 10.5. The Labute approximate surface area is 87.0 Å². The summed E-state index contributed by atoms with van der Waals surface area (Å²) >= 11 is 0. The average molecular weight is 204 g/mol. The number of rotatable bonds is 2. The molecule has 0 atom stereocenters. The lowest BCUT2D eigenvalue weighted by Gasteiger charge is -2.05. The fraction of sp³-hybridized carbons (Fsp3) is 0.250. The molecule has 0 saturated carbocycles. The van der Waals surface area contributed by atoms with Crippen molar-refractivity contribution in [2.45, 2.75) is 19.8 Å². The number of benzene rings is 1. The first kappa shape index (κ1) is 9.77. The van der Waals surface area contributed by atoms with Gasteiger partial charge in [0.15, 0.2) is 0 Å². The standard InChI is InChI=1S/C12H12O3/c1-2-3-9-10(13)6-4-8-5-7-11(14)15-12(8)9/h4-7,13H,2-3H2,1H3. The maximum Gasteiger partial charge on any atom is 0.336 e. The Balaban J connectivity index is 2.78. The van der Waals surface area contributed by atoms with Crippen LogP contribution in [0.15, 0.2) is 33.5 Å². The molecule has 1 aromatic heterocycles. The van der Waals surface area contributed by atoms with Crippen molar-refractivity contribution >= 4 is 11.0 Å². The molecule has 2 aromatic rings. The van der Waals surface area contributed by atoms with E-state index in [1.54, 1.807) is 18.2 Å². The second-order valence-electron chi connectivity index (χ2n) is 3.49. The molecule has 2 rings (SSSR count). The number of hydrogen-bond donors (Lipinski definition) is 1. The molecule has 0 aliphatic rings. The molecule has 0 unspecified atom stereocenters. The Kier molecular flexibility index (Phi) is 2.46. The molecule has 1 aromatic carbocycles. The predicted molar refractivity (Wildman–Crippen MR) is 58.1 cm³/mol. The molecule has 0 aliphatic carbocycles. The van der Waals surface area contributed by atoms with Crippen LogP contribution in [0.3, 0.4) is 0 Å². The van der Waals surface area contributed by atoms with Crippen LogP contribution >= 0.6 is 0 Å².